The van der Waals surface area contributed by atoms with Crippen molar-refractivity contribution >= 4 is 23.1 Å². The summed E-state index contributed by atoms with van der Waals surface area (Å²) in [5, 5.41) is 1.55. The second-order valence-electron chi connectivity index (χ2n) is 1.12. The van der Waals surface area contributed by atoms with Crippen molar-refractivity contribution in [2.24, 2.45) is 0 Å². The van der Waals surface area contributed by atoms with E-state index in [0.717, 1.165) is 0 Å². The lowest BCUT2D eigenvalue weighted by atomic mass is 11.0. The van der Waals surface area contributed by atoms with E-state index >= 15 is 0 Å². The molecule has 9 heavy (non-hydrogen) atoms. The van der Waals surface area contributed by atoms with Gasteiger partial charge in [-0.1, -0.05) is 0 Å². The molecule has 1 heterocycles. The average Bonchev–Trinajstić information content (AvgIpc) is 2.15. The van der Waals surface area contributed by atoms with Crippen molar-refractivity contribution in [1.82, 2.24) is 4.98 Å². The highest BCUT2D eigenvalue weighted by Crippen LogP contribution is 2.25. The predicted octanol–water partition coefficient (Wildman–Crippen LogP) is 2.26. The Balaban J connectivity index is 2.48. The van der Waals surface area contributed by atoms with E-state index in [-0.39, 0.29) is 0 Å². The number of hydrogen-bond donors (Lipinski definition) is 0. The number of hydrogen-bond acceptors (Lipinski definition) is 3. The molecule has 0 aliphatic heterocycles. The van der Waals surface area contributed by atoms with Gasteiger partial charge < -0.3 is 0 Å². The molecule has 1 aromatic rings. The third-order valence-electron chi connectivity index (χ3n) is 0.558. The molecule has 0 aromatic carbocycles. The molecule has 0 saturated heterocycles. The fraction of sp³-hybridized carbons (Fsp3) is 0.250. The molecule has 1 radical (unpaired) electrons. The van der Waals surface area contributed by atoms with Crippen LogP contribution in [-0.4, -0.2) is 10.7 Å². The molecule has 1 nitrogen and oxygen atoms in total. The normalized spacial score (nSPS) is 10.6. The van der Waals surface area contributed by atoms with Gasteiger partial charge in [-0.2, -0.15) is 8.78 Å². The minimum Gasteiger partial charge on any atom is -0.228 e. The average molecular weight is 166 g/mol. The molecule has 0 bridgehead atoms. The van der Waals surface area contributed by atoms with E-state index in [0.29, 0.717) is 16.1 Å². The third kappa shape index (κ3) is 2.28. The quantitative estimate of drug-likeness (QED) is 0.625. The van der Waals surface area contributed by atoms with Crippen LogP contribution in [0.2, 0.25) is 0 Å². The van der Waals surface area contributed by atoms with Crippen LogP contribution in [0.3, 0.4) is 0 Å². The van der Waals surface area contributed by atoms with Crippen molar-refractivity contribution in [1.29, 1.82) is 0 Å². The van der Waals surface area contributed by atoms with Crippen LogP contribution in [0.1, 0.15) is 0 Å². The zero-order valence-corrected chi connectivity index (χ0v) is 5.81. The zero-order chi connectivity index (χ0) is 6.69. The van der Waals surface area contributed by atoms with Crippen molar-refractivity contribution in [3.8, 4) is 0 Å². The number of rotatable bonds is 2. The predicted molar refractivity (Wildman–Crippen MR) is 32.8 cm³/mol. The van der Waals surface area contributed by atoms with E-state index in [2.05, 4.69) is 11.2 Å². The highest BCUT2D eigenvalue weighted by Gasteiger charge is 2.05. The first kappa shape index (κ1) is 6.95. The Bertz CT molecular complexity index is 163. The molecule has 5 heteroatoms. The lowest BCUT2D eigenvalue weighted by molar-refractivity contribution is 0.252. The fourth-order valence-electron chi connectivity index (χ4n) is 0.313. The van der Waals surface area contributed by atoms with Gasteiger partial charge in [0.15, 0.2) is 4.34 Å². The third-order valence-corrected chi connectivity index (χ3v) is 2.12. The number of thiazole rings is 1. The van der Waals surface area contributed by atoms with Crippen molar-refractivity contribution in [2.45, 2.75) is 10.1 Å². The van der Waals surface area contributed by atoms with Crippen molar-refractivity contribution < 1.29 is 8.78 Å². The summed E-state index contributed by atoms with van der Waals surface area (Å²) in [6, 6.07) is 0. The molecule has 0 N–H and O–H groups in total. The van der Waals surface area contributed by atoms with Crippen LogP contribution in [0.15, 0.2) is 9.72 Å². The Morgan fingerprint density at radius 1 is 1.78 bits per heavy atom. The first-order valence-corrected chi connectivity index (χ1v) is 3.81. The summed E-state index contributed by atoms with van der Waals surface area (Å²) in [4.78, 5) is 3.53. The minimum absolute atomic E-state index is 0.366. The van der Waals surface area contributed by atoms with Gasteiger partial charge in [0, 0.05) is 5.38 Å². The summed E-state index contributed by atoms with van der Waals surface area (Å²) < 4.78 is 23.4. The highest BCUT2D eigenvalue weighted by atomic mass is 32.2. The van der Waals surface area contributed by atoms with Gasteiger partial charge in [0.2, 0.25) is 0 Å². The van der Waals surface area contributed by atoms with Crippen LogP contribution < -0.4 is 0 Å². The van der Waals surface area contributed by atoms with Crippen molar-refractivity contribution in [3.63, 3.8) is 0 Å². The molecule has 0 aliphatic rings. The van der Waals surface area contributed by atoms with Crippen LogP contribution in [-0.2, 0) is 0 Å². The van der Waals surface area contributed by atoms with Gasteiger partial charge in [-0.3, -0.25) is 0 Å². The molecule has 49 valence electrons. The fourth-order valence-corrected chi connectivity index (χ4v) is 1.47. The second kappa shape index (κ2) is 3.12. The molecule has 0 amide bonds. The summed E-state index contributed by atoms with van der Waals surface area (Å²) in [5.41, 5.74) is 0. The summed E-state index contributed by atoms with van der Waals surface area (Å²) in [6.45, 7) is 0. The highest BCUT2D eigenvalue weighted by molar-refractivity contribution is 8.01. The van der Waals surface area contributed by atoms with Gasteiger partial charge in [0.1, 0.15) is 6.20 Å². The van der Waals surface area contributed by atoms with Gasteiger partial charge >= 0.3 is 0 Å². The Morgan fingerprint density at radius 2 is 2.56 bits per heavy atom. The smallest absolute Gasteiger partial charge is 0.228 e. The van der Waals surface area contributed by atoms with Crippen LogP contribution in [0.25, 0.3) is 0 Å². The molecule has 0 unspecified atom stereocenters. The van der Waals surface area contributed by atoms with E-state index in [1.165, 1.54) is 11.3 Å². The van der Waals surface area contributed by atoms with E-state index in [1.807, 2.05) is 0 Å². The molecule has 0 saturated carbocycles. The Labute approximate surface area is 59.1 Å². The summed E-state index contributed by atoms with van der Waals surface area (Å²) in [7, 11) is 0. The minimum atomic E-state index is -2.37. The monoisotopic (exact) mass is 166 g/mol. The maximum Gasteiger partial charge on any atom is 0.291 e. The largest absolute Gasteiger partial charge is 0.291 e. The number of thioether (sulfide) groups is 1. The molecule has 0 spiro atoms. The summed E-state index contributed by atoms with van der Waals surface area (Å²) in [6.07, 6.45) is 2.45. The van der Waals surface area contributed by atoms with Crippen LogP contribution >= 0.6 is 23.1 Å². The molecule has 0 fully saturated rings. The van der Waals surface area contributed by atoms with Crippen LogP contribution in [0.5, 0.6) is 0 Å². The van der Waals surface area contributed by atoms with Crippen molar-refractivity contribution in [2.75, 3.05) is 0 Å². The van der Waals surface area contributed by atoms with Crippen LogP contribution in [0, 0.1) is 6.20 Å². The topological polar surface area (TPSA) is 12.9 Å². The lowest BCUT2D eigenvalue weighted by Gasteiger charge is -1.89. The molecule has 1 rings (SSSR count). The lowest BCUT2D eigenvalue weighted by Crippen LogP contribution is -1.78. The first-order valence-electron chi connectivity index (χ1n) is 2.05. The second-order valence-corrected chi connectivity index (χ2v) is 3.22. The van der Waals surface area contributed by atoms with Gasteiger partial charge in [-0.15, -0.1) is 11.3 Å². The van der Waals surface area contributed by atoms with Crippen LogP contribution in [0.4, 0.5) is 8.78 Å². The van der Waals surface area contributed by atoms with E-state index < -0.39 is 5.76 Å². The maximum absolute atomic E-state index is 11.5. The van der Waals surface area contributed by atoms with Gasteiger partial charge in [0.05, 0.1) is 0 Å². The Hall–Kier alpha value is -0.160. The van der Waals surface area contributed by atoms with Gasteiger partial charge in [0.25, 0.3) is 5.76 Å². The molecular weight excluding hydrogens is 164 g/mol. The Kier molecular flexibility index (Phi) is 2.41. The molecule has 0 aliphatic carbocycles. The van der Waals surface area contributed by atoms with Crippen molar-refractivity contribution in [3.05, 3.63) is 11.6 Å². The number of alkyl halides is 2. The zero-order valence-electron chi connectivity index (χ0n) is 4.17. The van der Waals surface area contributed by atoms with E-state index in [4.69, 9.17) is 0 Å². The Morgan fingerprint density at radius 3 is 3.00 bits per heavy atom. The van der Waals surface area contributed by atoms with Gasteiger partial charge in [-0.05, 0) is 11.8 Å². The van der Waals surface area contributed by atoms with E-state index in [9.17, 15) is 8.78 Å². The molecule has 1 aromatic heterocycles. The number of nitrogens with zero attached hydrogens (tertiary/aromatic N) is 1. The summed E-state index contributed by atoms with van der Waals surface area (Å²) >= 11 is 1.62. The molecule has 0 atom stereocenters. The van der Waals surface area contributed by atoms with Gasteiger partial charge in [-0.25, -0.2) is 4.98 Å². The molecular formula is C4H2F2NS2. The standard InChI is InChI=1S/C4H2F2NS2/c5-3(6)9-4-7-1-2-8-4/h2-3H. The van der Waals surface area contributed by atoms with E-state index in [1.54, 1.807) is 5.38 Å². The first-order chi connectivity index (χ1) is 4.29. The SMILES string of the molecule is FC(F)Sc1n[c]cs1. The maximum atomic E-state index is 11.5. The summed E-state index contributed by atoms with van der Waals surface area (Å²) in [5.74, 6) is -2.37. The number of halogens is 2. The number of aromatic nitrogens is 1.